The number of hydrogen-bond acceptors (Lipinski definition) is 2. The molecule has 0 saturated carbocycles. The smallest absolute Gasteiger partial charge is 0.177 e. The highest BCUT2D eigenvalue weighted by molar-refractivity contribution is 7.80. The maximum Gasteiger partial charge on any atom is 0.177 e. The molecule has 0 heterocycles. The van der Waals surface area contributed by atoms with Crippen molar-refractivity contribution in [2.45, 2.75) is 0 Å². The summed E-state index contributed by atoms with van der Waals surface area (Å²) in [6.07, 6.45) is 0. The zero-order chi connectivity index (χ0) is 8.97. The minimum absolute atomic E-state index is 0.309. The summed E-state index contributed by atoms with van der Waals surface area (Å²) >= 11 is -2.05. The van der Waals surface area contributed by atoms with Crippen LogP contribution in [0.5, 0.6) is 0 Å². The van der Waals surface area contributed by atoms with Gasteiger partial charge in [0.15, 0.2) is 16.9 Å². The number of carbonyl (C=O) groups excluding carboxylic acids is 1. The zero-order valence-electron chi connectivity index (χ0n) is 6.27. The fourth-order valence-electron chi connectivity index (χ4n) is 0.820. The molecule has 0 aliphatic heterocycles. The van der Waals surface area contributed by atoms with Gasteiger partial charge < -0.3 is 4.55 Å². The fourth-order valence-corrected chi connectivity index (χ4v) is 1.21. The fraction of sp³-hybridized carbons (Fsp3) is 0.125. The largest absolute Gasteiger partial charge is 0.306 e. The summed E-state index contributed by atoms with van der Waals surface area (Å²) in [6.45, 7) is 0. The van der Waals surface area contributed by atoms with Crippen LogP contribution in [0.3, 0.4) is 0 Å². The van der Waals surface area contributed by atoms with Gasteiger partial charge in [-0.25, -0.2) is 4.21 Å². The van der Waals surface area contributed by atoms with Crippen molar-refractivity contribution in [1.82, 2.24) is 0 Å². The van der Waals surface area contributed by atoms with E-state index in [4.69, 9.17) is 4.55 Å². The van der Waals surface area contributed by atoms with Crippen molar-refractivity contribution in [3.8, 4) is 0 Å². The molecule has 0 aliphatic rings. The summed E-state index contributed by atoms with van der Waals surface area (Å²) in [5.74, 6) is -0.638. The number of carbonyl (C=O) groups is 1. The van der Waals surface area contributed by atoms with E-state index >= 15 is 0 Å². The van der Waals surface area contributed by atoms with Gasteiger partial charge in [-0.3, -0.25) is 4.79 Å². The lowest BCUT2D eigenvalue weighted by atomic mass is 10.2. The van der Waals surface area contributed by atoms with E-state index in [2.05, 4.69) is 0 Å². The van der Waals surface area contributed by atoms with E-state index in [-0.39, 0.29) is 11.5 Å². The predicted molar refractivity (Wildman–Crippen MR) is 46.4 cm³/mol. The van der Waals surface area contributed by atoms with Crippen molar-refractivity contribution in [1.29, 1.82) is 0 Å². The van der Waals surface area contributed by atoms with E-state index < -0.39 is 11.1 Å². The summed E-state index contributed by atoms with van der Waals surface area (Å²) in [7, 11) is 0. The topological polar surface area (TPSA) is 54.4 Å². The lowest BCUT2D eigenvalue weighted by Crippen LogP contribution is -2.09. The molecule has 1 unspecified atom stereocenters. The number of Topliss-reactive ketones (excluding diaryl/α,β-unsaturated/α-hetero) is 1. The van der Waals surface area contributed by atoms with E-state index in [0.717, 1.165) is 0 Å². The van der Waals surface area contributed by atoms with Crippen LogP contribution in [0.4, 0.5) is 0 Å². The summed E-state index contributed by atoms with van der Waals surface area (Å²) in [5, 5.41) is 0. The molecular weight excluding hydrogens is 176 g/mol. The third-order valence-corrected chi connectivity index (χ3v) is 1.86. The van der Waals surface area contributed by atoms with Crippen molar-refractivity contribution >= 4 is 16.9 Å². The molecule has 1 atom stereocenters. The average Bonchev–Trinajstić information content (AvgIpc) is 2.05. The van der Waals surface area contributed by atoms with Crippen LogP contribution in [-0.4, -0.2) is 20.3 Å². The Bertz CT molecular complexity index is 294. The minimum Gasteiger partial charge on any atom is -0.306 e. The maximum absolute atomic E-state index is 11.1. The van der Waals surface area contributed by atoms with E-state index in [1.54, 1.807) is 30.3 Å². The van der Waals surface area contributed by atoms with E-state index in [1.807, 2.05) is 0 Å². The van der Waals surface area contributed by atoms with Crippen molar-refractivity contribution in [3.05, 3.63) is 35.9 Å². The normalized spacial score (nSPS) is 12.4. The molecule has 0 amide bonds. The van der Waals surface area contributed by atoms with Gasteiger partial charge in [-0.1, -0.05) is 30.3 Å². The number of ketones is 1. The molecule has 1 aromatic rings. The van der Waals surface area contributed by atoms with Gasteiger partial charge in [0.1, 0.15) is 5.75 Å². The first-order chi connectivity index (χ1) is 5.70. The highest BCUT2D eigenvalue weighted by Gasteiger charge is 2.07. The Hall–Kier alpha value is -1.00. The first kappa shape index (κ1) is 9.09. The third kappa shape index (κ3) is 2.56. The lowest BCUT2D eigenvalue weighted by molar-refractivity contribution is 0.102. The monoisotopic (exact) mass is 184 g/mol. The zero-order valence-corrected chi connectivity index (χ0v) is 7.08. The van der Waals surface area contributed by atoms with Crippen molar-refractivity contribution in [3.63, 3.8) is 0 Å². The van der Waals surface area contributed by atoms with Crippen molar-refractivity contribution in [2.24, 2.45) is 0 Å². The molecule has 12 heavy (non-hydrogen) atoms. The molecule has 64 valence electrons. The molecule has 0 saturated heterocycles. The highest BCUT2D eigenvalue weighted by Crippen LogP contribution is 2.00. The summed E-state index contributed by atoms with van der Waals surface area (Å²) < 4.78 is 18.7. The predicted octanol–water partition coefficient (Wildman–Crippen LogP) is 1.09. The molecule has 3 nitrogen and oxygen atoms in total. The molecule has 1 aromatic carbocycles. The van der Waals surface area contributed by atoms with Gasteiger partial charge in [-0.05, 0) is 0 Å². The van der Waals surface area contributed by atoms with Crippen LogP contribution in [-0.2, 0) is 11.1 Å². The van der Waals surface area contributed by atoms with Crippen molar-refractivity contribution < 1.29 is 13.6 Å². The van der Waals surface area contributed by atoms with E-state index in [1.165, 1.54) is 0 Å². The SMILES string of the molecule is O=C(CS(=O)O)c1ccccc1. The molecule has 0 spiro atoms. The highest BCUT2D eigenvalue weighted by atomic mass is 32.2. The molecule has 0 radical (unpaired) electrons. The number of rotatable bonds is 3. The maximum atomic E-state index is 11.1. The standard InChI is InChI=1S/C8H8O3S/c9-8(6-12(10)11)7-4-2-1-3-5-7/h1-5H,6H2,(H,10,11). The summed E-state index contributed by atoms with van der Waals surface area (Å²) in [4.78, 5) is 11.1. The van der Waals surface area contributed by atoms with E-state index in [9.17, 15) is 9.00 Å². The van der Waals surface area contributed by atoms with Crippen LogP contribution in [0.25, 0.3) is 0 Å². The molecule has 0 fully saturated rings. The number of benzene rings is 1. The van der Waals surface area contributed by atoms with Crippen LogP contribution in [0.2, 0.25) is 0 Å². The lowest BCUT2D eigenvalue weighted by Gasteiger charge is -1.95. The van der Waals surface area contributed by atoms with Gasteiger partial charge in [0, 0.05) is 5.56 Å². The van der Waals surface area contributed by atoms with Crippen LogP contribution in [0, 0.1) is 0 Å². The molecule has 0 aliphatic carbocycles. The molecule has 4 heteroatoms. The Morgan fingerprint density at radius 2 is 1.92 bits per heavy atom. The molecule has 1 rings (SSSR count). The summed E-state index contributed by atoms with van der Waals surface area (Å²) in [5.41, 5.74) is 0.472. The van der Waals surface area contributed by atoms with Crippen molar-refractivity contribution in [2.75, 3.05) is 5.75 Å². The van der Waals surface area contributed by atoms with Crippen LogP contribution < -0.4 is 0 Å². The van der Waals surface area contributed by atoms with Gasteiger partial charge in [-0.2, -0.15) is 0 Å². The quantitative estimate of drug-likeness (QED) is 0.565. The van der Waals surface area contributed by atoms with Gasteiger partial charge in [0.25, 0.3) is 0 Å². The number of hydrogen-bond donors (Lipinski definition) is 1. The summed E-state index contributed by atoms with van der Waals surface area (Å²) in [6, 6.07) is 8.46. The Morgan fingerprint density at radius 1 is 1.33 bits per heavy atom. The second-order valence-electron chi connectivity index (χ2n) is 2.26. The Labute approximate surface area is 72.7 Å². The van der Waals surface area contributed by atoms with Gasteiger partial charge in [-0.15, -0.1) is 0 Å². The Kier molecular flexibility index (Phi) is 3.13. The second kappa shape index (κ2) is 4.13. The Balaban J connectivity index is 2.73. The van der Waals surface area contributed by atoms with E-state index in [0.29, 0.717) is 5.56 Å². The second-order valence-corrected chi connectivity index (χ2v) is 3.19. The minimum atomic E-state index is -2.05. The van der Waals surface area contributed by atoms with Crippen LogP contribution in [0.1, 0.15) is 10.4 Å². The Morgan fingerprint density at radius 3 is 2.42 bits per heavy atom. The molecular formula is C8H8O3S. The van der Waals surface area contributed by atoms with Crippen LogP contribution in [0.15, 0.2) is 30.3 Å². The molecule has 0 bridgehead atoms. The molecule has 0 aromatic heterocycles. The first-order valence-electron chi connectivity index (χ1n) is 3.36. The molecule has 1 N–H and O–H groups in total. The average molecular weight is 184 g/mol. The van der Waals surface area contributed by atoms with Crippen LogP contribution >= 0.6 is 0 Å². The van der Waals surface area contributed by atoms with Gasteiger partial charge >= 0.3 is 0 Å². The first-order valence-corrected chi connectivity index (χ1v) is 4.63. The third-order valence-electron chi connectivity index (χ3n) is 1.35. The van der Waals surface area contributed by atoms with Gasteiger partial charge in [0.05, 0.1) is 0 Å². The van der Waals surface area contributed by atoms with Gasteiger partial charge in [0.2, 0.25) is 0 Å².